The Morgan fingerprint density at radius 3 is 2.42 bits per heavy atom. The van der Waals surface area contributed by atoms with E-state index in [1.54, 1.807) is 19.1 Å². The quantitative estimate of drug-likeness (QED) is 0.276. The molecule has 0 aliphatic heterocycles. The van der Waals surface area contributed by atoms with Crippen LogP contribution < -0.4 is 10.1 Å². The molecule has 2 aromatic carbocycles. The number of halogens is 3. The molecule has 3 rings (SSSR count). The number of benzene rings is 2. The zero-order chi connectivity index (χ0) is 24.2. The third-order valence-corrected chi connectivity index (χ3v) is 5.88. The second-order valence-corrected chi connectivity index (χ2v) is 8.49. The lowest BCUT2D eigenvalue weighted by Gasteiger charge is -2.09. The Kier molecular flexibility index (Phi) is 6.84. The fourth-order valence-electron chi connectivity index (χ4n) is 2.70. The number of alkyl halides is 3. The molecule has 3 aromatic rings. The first-order valence-electron chi connectivity index (χ1n) is 9.26. The van der Waals surface area contributed by atoms with Crippen molar-refractivity contribution in [2.24, 2.45) is 5.10 Å². The fraction of sp³-hybridized carbons (Fsp3) is 0.150. The second kappa shape index (κ2) is 9.42. The molecule has 1 aromatic heterocycles. The maximum absolute atomic E-state index is 12.8. The number of furan rings is 1. The van der Waals surface area contributed by atoms with Gasteiger partial charge in [0.1, 0.15) is 11.4 Å². The van der Waals surface area contributed by atoms with Crippen molar-refractivity contribution in [1.29, 1.82) is 0 Å². The van der Waals surface area contributed by atoms with Crippen molar-refractivity contribution in [2.75, 3.05) is 5.43 Å². The minimum absolute atomic E-state index is 0.00283. The molecule has 0 bridgehead atoms. The third-order valence-electron chi connectivity index (χ3n) is 4.46. The lowest BCUT2D eigenvalue weighted by Crippen LogP contribution is -2.23. The second-order valence-electron chi connectivity index (χ2n) is 6.72. The normalized spacial score (nSPS) is 12.5. The highest BCUT2D eigenvalue weighted by Gasteiger charge is 2.33. The maximum atomic E-state index is 12.8. The van der Waals surface area contributed by atoms with Crippen molar-refractivity contribution in [1.82, 2.24) is 4.72 Å². The van der Waals surface area contributed by atoms with E-state index in [0.29, 0.717) is 29.2 Å². The van der Waals surface area contributed by atoms with E-state index in [0.717, 1.165) is 6.07 Å². The first-order chi connectivity index (χ1) is 15.5. The van der Waals surface area contributed by atoms with Crippen LogP contribution in [0.3, 0.4) is 0 Å². The maximum Gasteiger partial charge on any atom is 0.416 e. The van der Waals surface area contributed by atoms with Gasteiger partial charge >= 0.3 is 6.18 Å². The molecule has 0 spiro atoms. The smallest absolute Gasteiger partial charge is 0.416 e. The molecule has 13 heteroatoms. The summed E-state index contributed by atoms with van der Waals surface area (Å²) in [7, 11) is -3.80. The van der Waals surface area contributed by atoms with Gasteiger partial charge < -0.3 is 4.42 Å². The molecule has 0 atom stereocenters. The van der Waals surface area contributed by atoms with Crippen LogP contribution in [-0.4, -0.2) is 19.1 Å². The largest absolute Gasteiger partial charge is 0.468 e. The van der Waals surface area contributed by atoms with E-state index < -0.39 is 32.4 Å². The number of hydrogen-bond acceptors (Lipinski definition) is 7. The van der Waals surface area contributed by atoms with Crippen LogP contribution in [-0.2, 0) is 22.7 Å². The number of rotatable bonds is 8. The predicted molar refractivity (Wildman–Crippen MR) is 113 cm³/mol. The van der Waals surface area contributed by atoms with E-state index in [1.807, 2.05) is 0 Å². The molecule has 0 aliphatic carbocycles. The van der Waals surface area contributed by atoms with Crippen LogP contribution in [0.15, 0.2) is 75.3 Å². The Labute approximate surface area is 186 Å². The average molecular weight is 482 g/mol. The summed E-state index contributed by atoms with van der Waals surface area (Å²) in [5.41, 5.74) is 1.03. The summed E-state index contributed by atoms with van der Waals surface area (Å²) in [5, 5.41) is 15.1. The number of nitrogens with one attached hydrogen (secondary N) is 2. The molecule has 0 amide bonds. The van der Waals surface area contributed by atoms with Crippen molar-refractivity contribution < 1.29 is 30.9 Å². The van der Waals surface area contributed by atoms with Crippen molar-refractivity contribution in [2.45, 2.75) is 24.5 Å². The van der Waals surface area contributed by atoms with Crippen LogP contribution in [0.5, 0.6) is 0 Å². The van der Waals surface area contributed by atoms with E-state index in [9.17, 15) is 31.7 Å². The third kappa shape index (κ3) is 5.96. The van der Waals surface area contributed by atoms with Crippen molar-refractivity contribution in [3.8, 4) is 0 Å². The molecule has 2 N–H and O–H groups in total. The van der Waals surface area contributed by atoms with Crippen LogP contribution in [0.2, 0.25) is 0 Å². The molecule has 0 fully saturated rings. The standard InChI is InChI=1S/C20H17F3N4O5S/c1-13(25-26-18-9-6-15(20(21,22)23)11-19(18)27(28)29)14-4-7-17(8-5-14)33(30,31)24-12-16-3-2-10-32-16/h2-11,24,26H,12H2,1H3/b25-13+. The minimum Gasteiger partial charge on any atom is -0.468 e. The minimum atomic E-state index is -4.72. The fourth-order valence-corrected chi connectivity index (χ4v) is 3.69. The zero-order valence-corrected chi connectivity index (χ0v) is 17.8. The summed E-state index contributed by atoms with van der Waals surface area (Å²) in [4.78, 5) is 10.2. The highest BCUT2D eigenvalue weighted by Crippen LogP contribution is 2.35. The molecular formula is C20H17F3N4O5S. The summed E-state index contributed by atoms with van der Waals surface area (Å²) in [5.74, 6) is 0.446. The zero-order valence-electron chi connectivity index (χ0n) is 17.0. The molecule has 0 radical (unpaired) electrons. The van der Waals surface area contributed by atoms with E-state index in [2.05, 4.69) is 15.2 Å². The monoisotopic (exact) mass is 482 g/mol. The van der Waals surface area contributed by atoms with Crippen molar-refractivity contribution >= 4 is 27.1 Å². The lowest BCUT2D eigenvalue weighted by molar-refractivity contribution is -0.384. The number of nitro groups is 1. The number of nitrogens with zero attached hydrogens (tertiary/aromatic N) is 2. The molecular weight excluding hydrogens is 465 g/mol. The van der Waals surface area contributed by atoms with E-state index in [1.165, 1.54) is 30.5 Å². The first-order valence-corrected chi connectivity index (χ1v) is 10.7. The van der Waals surface area contributed by atoms with Gasteiger partial charge in [0.25, 0.3) is 5.69 Å². The van der Waals surface area contributed by atoms with Crippen LogP contribution in [0.25, 0.3) is 0 Å². The molecule has 174 valence electrons. The molecule has 0 aliphatic rings. The predicted octanol–water partition coefficient (Wildman–Crippen LogP) is 4.52. The van der Waals surface area contributed by atoms with Gasteiger partial charge in [-0.25, -0.2) is 13.1 Å². The molecule has 0 saturated heterocycles. The highest BCUT2D eigenvalue weighted by atomic mass is 32.2. The van der Waals surface area contributed by atoms with Gasteiger partial charge in [0.05, 0.1) is 33.9 Å². The number of hydrazone groups is 1. The Morgan fingerprint density at radius 2 is 1.85 bits per heavy atom. The van der Waals surface area contributed by atoms with E-state index >= 15 is 0 Å². The van der Waals surface area contributed by atoms with Gasteiger partial charge in [0.15, 0.2) is 0 Å². The van der Waals surface area contributed by atoms with Crippen LogP contribution in [0.1, 0.15) is 23.8 Å². The Bertz CT molecular complexity index is 1270. The molecule has 9 nitrogen and oxygen atoms in total. The summed E-state index contributed by atoms with van der Waals surface area (Å²) >= 11 is 0. The van der Waals surface area contributed by atoms with Gasteiger partial charge in [-0.15, -0.1) is 0 Å². The lowest BCUT2D eigenvalue weighted by atomic mass is 10.1. The summed E-state index contributed by atoms with van der Waals surface area (Å²) < 4.78 is 70.7. The van der Waals surface area contributed by atoms with Crippen LogP contribution >= 0.6 is 0 Å². The number of nitro benzene ring substituents is 1. The Morgan fingerprint density at radius 1 is 1.15 bits per heavy atom. The molecule has 0 saturated carbocycles. The van der Waals surface area contributed by atoms with Gasteiger partial charge in [-0.1, -0.05) is 12.1 Å². The van der Waals surface area contributed by atoms with E-state index in [-0.39, 0.29) is 17.1 Å². The molecule has 0 unspecified atom stereocenters. The summed E-state index contributed by atoms with van der Waals surface area (Å²) in [6, 6.07) is 10.9. The molecule has 33 heavy (non-hydrogen) atoms. The van der Waals surface area contributed by atoms with Gasteiger partial charge in [0, 0.05) is 6.07 Å². The van der Waals surface area contributed by atoms with E-state index in [4.69, 9.17) is 4.42 Å². The van der Waals surface area contributed by atoms with Gasteiger partial charge in [-0.2, -0.15) is 18.3 Å². The Hall–Kier alpha value is -3.71. The number of hydrogen-bond donors (Lipinski definition) is 2. The van der Waals surface area contributed by atoms with Gasteiger partial charge in [-0.05, 0) is 48.9 Å². The molecule has 1 heterocycles. The van der Waals surface area contributed by atoms with Crippen molar-refractivity contribution in [3.63, 3.8) is 0 Å². The van der Waals surface area contributed by atoms with Gasteiger partial charge in [0.2, 0.25) is 10.0 Å². The number of sulfonamides is 1. The first kappa shape index (κ1) is 23.9. The Balaban J connectivity index is 1.74. The van der Waals surface area contributed by atoms with Crippen LogP contribution in [0, 0.1) is 10.1 Å². The van der Waals surface area contributed by atoms with Crippen molar-refractivity contribution in [3.05, 3.63) is 87.9 Å². The highest BCUT2D eigenvalue weighted by molar-refractivity contribution is 7.89. The summed E-state index contributed by atoms with van der Waals surface area (Å²) in [6.45, 7) is 1.52. The van der Waals surface area contributed by atoms with Crippen LogP contribution in [0.4, 0.5) is 24.5 Å². The average Bonchev–Trinajstić information content (AvgIpc) is 3.29. The topological polar surface area (TPSA) is 127 Å². The van der Waals surface area contributed by atoms with Gasteiger partial charge in [-0.3, -0.25) is 15.5 Å². The SMILES string of the molecule is C/C(=N\Nc1ccc(C(F)(F)F)cc1[N+](=O)[O-])c1ccc(S(=O)(=O)NCc2ccco2)cc1. The summed E-state index contributed by atoms with van der Waals surface area (Å²) in [6.07, 6.45) is -3.30. The number of anilines is 1.